The molecule has 1 aliphatic carbocycles. The highest BCUT2D eigenvalue weighted by atomic mass is 35.5. The van der Waals surface area contributed by atoms with Crippen molar-refractivity contribution in [3.05, 3.63) is 58.9 Å². The Kier molecular flexibility index (Phi) is 4.88. The highest BCUT2D eigenvalue weighted by molar-refractivity contribution is 6.32. The molecular weight excluding hydrogens is 348 g/mol. The summed E-state index contributed by atoms with van der Waals surface area (Å²) < 4.78 is 7.90. The molecule has 5 heteroatoms. The standard InChI is InChI=1S/C21H23ClN2O2/c1-14-9-10-20(17(22)11-14)26-13-16(25)12-24-19-8-3-2-7-18(19)23-21(24)15-5-4-6-15/h2-3,7-11,15-16,25H,4-6,12-13H2,1H3. The number of halogens is 1. The average molecular weight is 371 g/mol. The molecule has 2 aromatic carbocycles. The van der Waals surface area contributed by atoms with Crippen molar-refractivity contribution in [2.24, 2.45) is 0 Å². The molecule has 0 bridgehead atoms. The van der Waals surface area contributed by atoms with Crippen molar-refractivity contribution in [1.82, 2.24) is 9.55 Å². The number of aliphatic hydroxyl groups excluding tert-OH is 1. The van der Waals surface area contributed by atoms with Crippen LogP contribution in [0.25, 0.3) is 11.0 Å². The number of imidazole rings is 1. The lowest BCUT2D eigenvalue weighted by Crippen LogP contribution is -2.26. The summed E-state index contributed by atoms with van der Waals surface area (Å²) in [5.74, 6) is 2.19. The molecule has 1 heterocycles. The van der Waals surface area contributed by atoms with Crippen LogP contribution >= 0.6 is 11.6 Å². The Balaban J connectivity index is 1.51. The van der Waals surface area contributed by atoms with E-state index in [0.717, 1.165) is 22.4 Å². The van der Waals surface area contributed by atoms with E-state index in [1.54, 1.807) is 0 Å². The van der Waals surface area contributed by atoms with E-state index in [0.29, 0.717) is 23.2 Å². The summed E-state index contributed by atoms with van der Waals surface area (Å²) in [7, 11) is 0. The van der Waals surface area contributed by atoms with Crippen LogP contribution in [0.1, 0.15) is 36.6 Å². The van der Waals surface area contributed by atoms with Gasteiger partial charge in [0.05, 0.1) is 22.6 Å². The number of aryl methyl sites for hydroxylation is 1. The summed E-state index contributed by atoms with van der Waals surface area (Å²) in [5.41, 5.74) is 3.14. The van der Waals surface area contributed by atoms with Gasteiger partial charge in [0, 0.05) is 5.92 Å². The molecule has 26 heavy (non-hydrogen) atoms. The molecule has 1 atom stereocenters. The maximum Gasteiger partial charge on any atom is 0.138 e. The van der Waals surface area contributed by atoms with E-state index >= 15 is 0 Å². The number of hydrogen-bond acceptors (Lipinski definition) is 3. The number of rotatable bonds is 6. The van der Waals surface area contributed by atoms with Gasteiger partial charge in [-0.3, -0.25) is 0 Å². The molecule has 1 unspecified atom stereocenters. The van der Waals surface area contributed by atoms with Gasteiger partial charge < -0.3 is 14.4 Å². The Morgan fingerprint density at radius 1 is 1.27 bits per heavy atom. The van der Waals surface area contributed by atoms with Crippen LogP contribution in [0.4, 0.5) is 0 Å². The van der Waals surface area contributed by atoms with E-state index < -0.39 is 6.10 Å². The number of fused-ring (bicyclic) bond motifs is 1. The van der Waals surface area contributed by atoms with Gasteiger partial charge in [-0.15, -0.1) is 0 Å². The van der Waals surface area contributed by atoms with Crippen molar-refractivity contribution in [2.45, 2.75) is 44.8 Å². The molecule has 4 rings (SSSR count). The van der Waals surface area contributed by atoms with E-state index in [9.17, 15) is 5.11 Å². The third-order valence-corrected chi connectivity index (χ3v) is 5.36. The van der Waals surface area contributed by atoms with E-state index in [1.807, 2.05) is 43.3 Å². The Morgan fingerprint density at radius 3 is 2.81 bits per heavy atom. The molecule has 0 aliphatic heterocycles. The number of benzene rings is 2. The summed E-state index contributed by atoms with van der Waals surface area (Å²) in [6.45, 7) is 2.64. The van der Waals surface area contributed by atoms with Crippen molar-refractivity contribution in [2.75, 3.05) is 6.61 Å². The summed E-state index contributed by atoms with van der Waals surface area (Å²) in [6.07, 6.45) is 2.97. The monoisotopic (exact) mass is 370 g/mol. The van der Waals surface area contributed by atoms with Gasteiger partial charge >= 0.3 is 0 Å². The summed E-state index contributed by atoms with van der Waals surface area (Å²) >= 11 is 6.21. The zero-order valence-electron chi connectivity index (χ0n) is 14.9. The normalized spacial score (nSPS) is 15.8. The Bertz CT molecular complexity index is 918. The fourth-order valence-corrected chi connectivity index (χ4v) is 3.73. The van der Waals surface area contributed by atoms with Gasteiger partial charge in [-0.1, -0.05) is 36.2 Å². The molecule has 0 saturated heterocycles. The first kappa shape index (κ1) is 17.4. The minimum absolute atomic E-state index is 0.194. The lowest BCUT2D eigenvalue weighted by atomic mass is 9.85. The smallest absolute Gasteiger partial charge is 0.138 e. The third kappa shape index (κ3) is 3.44. The summed E-state index contributed by atoms with van der Waals surface area (Å²) in [5, 5.41) is 11.1. The summed E-state index contributed by atoms with van der Waals surface area (Å²) in [6, 6.07) is 13.8. The first-order valence-electron chi connectivity index (χ1n) is 9.14. The van der Waals surface area contributed by atoms with Crippen LogP contribution < -0.4 is 4.74 Å². The van der Waals surface area contributed by atoms with Gasteiger partial charge in [0.15, 0.2) is 0 Å². The molecule has 0 radical (unpaired) electrons. The van der Waals surface area contributed by atoms with Crippen LogP contribution in [-0.4, -0.2) is 27.4 Å². The highest BCUT2D eigenvalue weighted by Gasteiger charge is 2.26. The van der Waals surface area contributed by atoms with Gasteiger partial charge in [-0.25, -0.2) is 4.98 Å². The van der Waals surface area contributed by atoms with Crippen LogP contribution in [0, 0.1) is 6.92 Å². The van der Waals surface area contributed by atoms with Crippen LogP contribution in [0.15, 0.2) is 42.5 Å². The average Bonchev–Trinajstić information content (AvgIpc) is 2.91. The lowest BCUT2D eigenvalue weighted by Gasteiger charge is -2.26. The quantitative estimate of drug-likeness (QED) is 0.683. The van der Waals surface area contributed by atoms with Crippen LogP contribution in [0.3, 0.4) is 0 Å². The van der Waals surface area contributed by atoms with E-state index in [4.69, 9.17) is 21.3 Å². The van der Waals surface area contributed by atoms with Crippen LogP contribution in [-0.2, 0) is 6.54 Å². The third-order valence-electron chi connectivity index (χ3n) is 5.07. The van der Waals surface area contributed by atoms with E-state index in [1.165, 1.54) is 19.3 Å². The van der Waals surface area contributed by atoms with Crippen LogP contribution in [0.5, 0.6) is 5.75 Å². The van der Waals surface area contributed by atoms with Crippen molar-refractivity contribution < 1.29 is 9.84 Å². The van der Waals surface area contributed by atoms with Crippen molar-refractivity contribution in [3.8, 4) is 5.75 Å². The van der Waals surface area contributed by atoms with Crippen LogP contribution in [0.2, 0.25) is 5.02 Å². The molecule has 4 nitrogen and oxygen atoms in total. The first-order chi connectivity index (χ1) is 12.6. The molecule has 1 aliphatic rings. The fraction of sp³-hybridized carbons (Fsp3) is 0.381. The number of aliphatic hydroxyl groups is 1. The van der Waals surface area contributed by atoms with Crippen molar-refractivity contribution in [3.63, 3.8) is 0 Å². The number of para-hydroxylation sites is 2. The number of hydrogen-bond donors (Lipinski definition) is 1. The van der Waals surface area contributed by atoms with Gasteiger partial charge in [0.1, 0.15) is 24.3 Å². The van der Waals surface area contributed by atoms with Gasteiger partial charge in [-0.2, -0.15) is 0 Å². The SMILES string of the molecule is Cc1ccc(OCC(O)Cn2c(C3CCC3)nc3ccccc32)c(Cl)c1. The molecule has 1 saturated carbocycles. The van der Waals surface area contributed by atoms with Gasteiger partial charge in [-0.05, 0) is 49.6 Å². The zero-order valence-corrected chi connectivity index (χ0v) is 15.6. The predicted molar refractivity (Wildman–Crippen MR) is 104 cm³/mol. The second-order valence-corrected chi connectivity index (χ2v) is 7.50. The lowest BCUT2D eigenvalue weighted by molar-refractivity contribution is 0.0920. The Morgan fingerprint density at radius 2 is 2.08 bits per heavy atom. The molecule has 1 N–H and O–H groups in total. The first-order valence-corrected chi connectivity index (χ1v) is 9.52. The Labute approximate surface area is 158 Å². The second kappa shape index (κ2) is 7.29. The van der Waals surface area contributed by atoms with E-state index in [-0.39, 0.29) is 6.61 Å². The molecule has 0 amide bonds. The predicted octanol–water partition coefficient (Wildman–Crippen LogP) is 4.71. The molecule has 3 aromatic rings. The molecular formula is C21H23ClN2O2. The molecule has 0 spiro atoms. The topological polar surface area (TPSA) is 47.3 Å². The fourth-order valence-electron chi connectivity index (χ4n) is 3.44. The van der Waals surface area contributed by atoms with Crippen molar-refractivity contribution >= 4 is 22.6 Å². The number of nitrogens with zero attached hydrogens (tertiary/aromatic N) is 2. The molecule has 136 valence electrons. The van der Waals surface area contributed by atoms with Gasteiger partial charge in [0.25, 0.3) is 0 Å². The maximum atomic E-state index is 10.6. The summed E-state index contributed by atoms with van der Waals surface area (Å²) in [4.78, 5) is 4.82. The second-order valence-electron chi connectivity index (χ2n) is 7.10. The minimum atomic E-state index is -0.635. The Hall–Kier alpha value is -2.04. The number of ether oxygens (including phenoxy) is 1. The highest BCUT2D eigenvalue weighted by Crippen LogP contribution is 2.37. The zero-order chi connectivity index (χ0) is 18.1. The number of aromatic nitrogens is 2. The molecule has 1 fully saturated rings. The van der Waals surface area contributed by atoms with Gasteiger partial charge in [0.2, 0.25) is 0 Å². The molecule has 1 aromatic heterocycles. The van der Waals surface area contributed by atoms with E-state index in [2.05, 4.69) is 10.6 Å². The largest absolute Gasteiger partial charge is 0.489 e. The minimum Gasteiger partial charge on any atom is -0.489 e. The van der Waals surface area contributed by atoms with Crippen molar-refractivity contribution in [1.29, 1.82) is 0 Å². The maximum absolute atomic E-state index is 10.6.